The molecule has 0 heterocycles. The highest BCUT2D eigenvalue weighted by atomic mass is 32.2. The number of rotatable bonds is 5. The smallest absolute Gasteiger partial charge is 0.304 e. The van der Waals surface area contributed by atoms with Crippen molar-refractivity contribution < 1.29 is 14.1 Å². The molecular formula is C12H16O3S. The fourth-order valence-corrected chi connectivity index (χ4v) is 2.45. The third-order valence-corrected chi connectivity index (χ3v) is 3.76. The molecule has 0 radical (unpaired) electrons. The van der Waals surface area contributed by atoms with Crippen molar-refractivity contribution in [3.8, 4) is 0 Å². The second-order valence-electron chi connectivity index (χ2n) is 3.85. The van der Waals surface area contributed by atoms with Gasteiger partial charge >= 0.3 is 5.97 Å². The minimum absolute atomic E-state index is 0.0303. The van der Waals surface area contributed by atoms with Crippen molar-refractivity contribution in [1.29, 1.82) is 0 Å². The maximum atomic E-state index is 11.6. The van der Waals surface area contributed by atoms with Crippen molar-refractivity contribution in [2.45, 2.75) is 26.0 Å². The van der Waals surface area contributed by atoms with Crippen LogP contribution >= 0.6 is 0 Å². The van der Waals surface area contributed by atoms with E-state index in [-0.39, 0.29) is 12.2 Å². The van der Waals surface area contributed by atoms with Crippen LogP contribution in [-0.2, 0) is 21.3 Å². The summed E-state index contributed by atoms with van der Waals surface area (Å²) in [6.45, 7) is 4.04. The first-order valence-corrected chi connectivity index (χ1v) is 6.60. The summed E-state index contributed by atoms with van der Waals surface area (Å²) >= 11 is 0. The van der Waals surface area contributed by atoms with Crippen LogP contribution in [0.5, 0.6) is 0 Å². The van der Waals surface area contributed by atoms with E-state index in [4.69, 9.17) is 5.11 Å². The number of benzene rings is 1. The summed E-state index contributed by atoms with van der Waals surface area (Å²) in [5.41, 5.74) is 3.39. The Bertz CT molecular complexity index is 413. The van der Waals surface area contributed by atoms with Gasteiger partial charge in [0.15, 0.2) is 0 Å². The van der Waals surface area contributed by atoms with Gasteiger partial charge in [-0.15, -0.1) is 0 Å². The Kier molecular flexibility index (Phi) is 4.68. The van der Waals surface area contributed by atoms with Crippen molar-refractivity contribution in [2.75, 3.05) is 5.75 Å². The first-order valence-electron chi connectivity index (χ1n) is 5.12. The molecule has 0 spiro atoms. The Morgan fingerprint density at radius 1 is 1.31 bits per heavy atom. The fourth-order valence-electron chi connectivity index (χ4n) is 1.35. The SMILES string of the molecule is Cc1ccc(CS(=O)CCC(=O)O)cc1C. The minimum atomic E-state index is -1.09. The van der Waals surface area contributed by atoms with E-state index in [0.29, 0.717) is 5.75 Å². The van der Waals surface area contributed by atoms with E-state index in [0.717, 1.165) is 5.56 Å². The zero-order chi connectivity index (χ0) is 12.1. The predicted octanol–water partition coefficient (Wildman–Crippen LogP) is 2.03. The number of aliphatic carboxylic acids is 1. The number of carboxylic acid groups (broad SMARTS) is 1. The van der Waals surface area contributed by atoms with E-state index in [2.05, 4.69) is 0 Å². The van der Waals surface area contributed by atoms with Crippen molar-refractivity contribution in [3.05, 3.63) is 34.9 Å². The van der Waals surface area contributed by atoms with Gasteiger partial charge in [-0.25, -0.2) is 0 Å². The van der Waals surface area contributed by atoms with Gasteiger partial charge in [0.1, 0.15) is 0 Å². The van der Waals surface area contributed by atoms with Crippen LogP contribution in [0.25, 0.3) is 0 Å². The van der Waals surface area contributed by atoms with Gasteiger partial charge in [0, 0.05) is 22.3 Å². The lowest BCUT2D eigenvalue weighted by atomic mass is 10.1. The van der Waals surface area contributed by atoms with Crippen LogP contribution in [0.1, 0.15) is 23.1 Å². The first-order chi connectivity index (χ1) is 7.49. The number of hydrogen-bond donors (Lipinski definition) is 1. The van der Waals surface area contributed by atoms with Gasteiger partial charge in [0.2, 0.25) is 0 Å². The standard InChI is InChI=1S/C12H16O3S/c1-9-3-4-11(7-10(9)2)8-16(15)6-5-12(13)14/h3-4,7H,5-6,8H2,1-2H3,(H,13,14). The van der Waals surface area contributed by atoms with E-state index in [1.807, 2.05) is 32.0 Å². The zero-order valence-electron chi connectivity index (χ0n) is 9.53. The highest BCUT2D eigenvalue weighted by Crippen LogP contribution is 2.11. The number of aryl methyl sites for hydroxylation is 2. The van der Waals surface area contributed by atoms with E-state index in [9.17, 15) is 9.00 Å². The fraction of sp³-hybridized carbons (Fsp3) is 0.417. The molecule has 1 atom stereocenters. The summed E-state index contributed by atoms with van der Waals surface area (Å²) in [5.74, 6) is -0.232. The van der Waals surface area contributed by atoms with Gasteiger partial charge in [-0.1, -0.05) is 18.2 Å². The normalized spacial score (nSPS) is 12.4. The number of hydrogen-bond acceptors (Lipinski definition) is 2. The van der Waals surface area contributed by atoms with Crippen LogP contribution in [0.3, 0.4) is 0 Å². The second kappa shape index (κ2) is 5.80. The van der Waals surface area contributed by atoms with Crippen molar-refractivity contribution in [1.82, 2.24) is 0 Å². The molecule has 3 nitrogen and oxygen atoms in total. The zero-order valence-corrected chi connectivity index (χ0v) is 10.3. The molecule has 0 fully saturated rings. The van der Waals surface area contributed by atoms with Crippen LogP contribution < -0.4 is 0 Å². The maximum absolute atomic E-state index is 11.6. The number of carbonyl (C=O) groups is 1. The molecule has 16 heavy (non-hydrogen) atoms. The highest BCUT2D eigenvalue weighted by molar-refractivity contribution is 7.84. The van der Waals surface area contributed by atoms with E-state index in [1.54, 1.807) is 0 Å². The number of carboxylic acids is 1. The van der Waals surface area contributed by atoms with Gasteiger partial charge in [0.25, 0.3) is 0 Å². The molecule has 1 rings (SSSR count). The monoisotopic (exact) mass is 240 g/mol. The molecule has 4 heteroatoms. The summed E-state index contributed by atoms with van der Waals surface area (Å²) in [7, 11) is -1.09. The topological polar surface area (TPSA) is 54.4 Å². The molecule has 1 unspecified atom stereocenters. The lowest BCUT2D eigenvalue weighted by Gasteiger charge is -2.04. The minimum Gasteiger partial charge on any atom is -0.481 e. The van der Waals surface area contributed by atoms with Gasteiger partial charge < -0.3 is 5.11 Å². The van der Waals surface area contributed by atoms with Gasteiger partial charge in [0.05, 0.1) is 6.42 Å². The Labute approximate surface area is 98.0 Å². The molecule has 0 saturated carbocycles. The lowest BCUT2D eigenvalue weighted by Crippen LogP contribution is -2.06. The summed E-state index contributed by atoms with van der Waals surface area (Å²) in [6, 6.07) is 5.95. The molecule has 88 valence electrons. The molecular weight excluding hydrogens is 224 g/mol. The van der Waals surface area contributed by atoms with E-state index in [1.165, 1.54) is 11.1 Å². The van der Waals surface area contributed by atoms with Crippen molar-refractivity contribution in [2.24, 2.45) is 0 Å². The summed E-state index contributed by atoms with van der Waals surface area (Å²) in [6.07, 6.45) is -0.0303. The largest absolute Gasteiger partial charge is 0.481 e. The van der Waals surface area contributed by atoms with Crippen molar-refractivity contribution in [3.63, 3.8) is 0 Å². The molecule has 0 bridgehead atoms. The first kappa shape index (κ1) is 12.9. The van der Waals surface area contributed by atoms with Crippen molar-refractivity contribution >= 4 is 16.8 Å². The van der Waals surface area contributed by atoms with Crippen LogP contribution in [0, 0.1) is 13.8 Å². The van der Waals surface area contributed by atoms with E-state index < -0.39 is 16.8 Å². The summed E-state index contributed by atoms with van der Waals surface area (Å²) in [5, 5.41) is 8.47. The van der Waals surface area contributed by atoms with Crippen LogP contribution in [0.4, 0.5) is 0 Å². The van der Waals surface area contributed by atoms with Gasteiger partial charge in [-0.3, -0.25) is 9.00 Å². The Morgan fingerprint density at radius 2 is 2.00 bits per heavy atom. The van der Waals surface area contributed by atoms with Crippen LogP contribution in [0.15, 0.2) is 18.2 Å². The molecule has 0 amide bonds. The molecule has 0 aliphatic heterocycles. The molecule has 0 aliphatic carbocycles. The predicted molar refractivity (Wildman–Crippen MR) is 64.9 cm³/mol. The van der Waals surface area contributed by atoms with Gasteiger partial charge in [-0.05, 0) is 30.5 Å². The van der Waals surface area contributed by atoms with E-state index >= 15 is 0 Å². The Morgan fingerprint density at radius 3 is 2.56 bits per heavy atom. The second-order valence-corrected chi connectivity index (χ2v) is 5.43. The van der Waals surface area contributed by atoms with Gasteiger partial charge in [-0.2, -0.15) is 0 Å². The molecule has 0 saturated heterocycles. The third-order valence-electron chi connectivity index (χ3n) is 2.44. The highest BCUT2D eigenvalue weighted by Gasteiger charge is 2.05. The summed E-state index contributed by atoms with van der Waals surface area (Å²) < 4.78 is 11.6. The Hall–Kier alpha value is -1.16. The van der Waals surface area contributed by atoms with Crippen LogP contribution in [0.2, 0.25) is 0 Å². The molecule has 0 aliphatic rings. The Balaban J connectivity index is 2.56. The average Bonchev–Trinajstić information content (AvgIpc) is 2.21. The molecule has 1 aromatic carbocycles. The summed E-state index contributed by atoms with van der Waals surface area (Å²) in [4.78, 5) is 10.3. The molecule has 1 N–H and O–H groups in total. The molecule has 1 aromatic rings. The average molecular weight is 240 g/mol. The third kappa shape index (κ3) is 4.14. The van der Waals surface area contributed by atoms with Crippen LogP contribution in [-0.4, -0.2) is 21.0 Å². The molecule has 0 aromatic heterocycles. The lowest BCUT2D eigenvalue weighted by molar-refractivity contribution is -0.136. The quantitative estimate of drug-likeness (QED) is 0.856. The maximum Gasteiger partial charge on any atom is 0.304 e.